The Labute approximate surface area is 48.0 Å². The van der Waals surface area contributed by atoms with Crippen LogP contribution in [-0.4, -0.2) is 0 Å². The van der Waals surface area contributed by atoms with Crippen LogP contribution in [0.1, 0.15) is 5.76 Å². The van der Waals surface area contributed by atoms with Gasteiger partial charge in [0.05, 0.1) is 6.07 Å². The summed E-state index contributed by atoms with van der Waals surface area (Å²) in [6.45, 7) is 0. The molecule has 0 N–H and O–H groups in total. The second-order valence-electron chi connectivity index (χ2n) is 1.31. The topological polar surface area (TPSA) is 11.3 Å². The molecule has 0 saturated heterocycles. The number of hydrogen-bond acceptors (Lipinski definition) is 0. The molecule has 1 nitrogen and oxygen atoms in total. The van der Waals surface area contributed by atoms with Crippen LogP contribution in [0, 0.1) is 12.3 Å². The van der Waals surface area contributed by atoms with E-state index < -0.39 is 0 Å². The molecule has 8 heavy (non-hydrogen) atoms. The maximum atomic E-state index is 5.01. The average Bonchev–Trinajstić information content (AvgIpc) is 1.90. The van der Waals surface area contributed by atoms with E-state index in [2.05, 4.69) is 5.92 Å². The maximum Gasteiger partial charge on any atom is 0.403 e. The van der Waals surface area contributed by atoms with Crippen molar-refractivity contribution in [2.75, 3.05) is 0 Å². The Morgan fingerprint density at radius 2 is 2.38 bits per heavy atom. The summed E-state index contributed by atoms with van der Waals surface area (Å²) in [5, 5.41) is 0. The molecule has 0 amide bonds. The van der Waals surface area contributed by atoms with E-state index in [0.717, 1.165) is 0 Å². The summed E-state index contributed by atoms with van der Waals surface area (Å²) in [5.41, 5.74) is 0. The highest BCUT2D eigenvalue weighted by molar-refractivity contribution is 5.19. The highest BCUT2D eigenvalue weighted by atomic mass is 16.3. The zero-order valence-corrected chi connectivity index (χ0v) is 4.29. The van der Waals surface area contributed by atoms with Crippen LogP contribution in [0.2, 0.25) is 0 Å². The molecule has 0 radical (unpaired) electrons. The van der Waals surface area contributed by atoms with Gasteiger partial charge in [-0.05, 0) is 6.07 Å². The molecular weight excluding hydrogens is 100 g/mol. The van der Waals surface area contributed by atoms with Crippen molar-refractivity contribution in [3.8, 4) is 12.3 Å². The van der Waals surface area contributed by atoms with E-state index in [1.807, 2.05) is 6.07 Å². The normalized spacial score (nSPS) is 7.88. The summed E-state index contributed by atoms with van der Waals surface area (Å²) in [4.78, 5) is 0. The van der Waals surface area contributed by atoms with Gasteiger partial charge in [-0.1, -0.05) is 0 Å². The van der Waals surface area contributed by atoms with Crippen LogP contribution in [0.5, 0.6) is 0 Å². The first-order valence-electron chi connectivity index (χ1n) is 2.27. The molecule has 0 aliphatic heterocycles. The fourth-order valence-corrected chi connectivity index (χ4v) is 0.422. The van der Waals surface area contributed by atoms with Gasteiger partial charge in [-0.15, -0.1) is 6.42 Å². The van der Waals surface area contributed by atoms with Gasteiger partial charge in [-0.3, -0.25) is 0 Å². The smallest absolute Gasteiger partial charge is 0.207 e. The maximum absolute atomic E-state index is 5.01. The largest absolute Gasteiger partial charge is 0.403 e. The summed E-state index contributed by atoms with van der Waals surface area (Å²) >= 11 is 0. The Balaban J connectivity index is 3.05. The molecule has 0 aliphatic rings. The van der Waals surface area contributed by atoms with Gasteiger partial charge in [0, 0.05) is 12.0 Å². The highest BCUT2D eigenvalue weighted by Crippen LogP contribution is 1.92. The summed E-state index contributed by atoms with van der Waals surface area (Å²) < 4.78 is 4.84. The van der Waals surface area contributed by atoms with E-state index >= 15 is 0 Å². The summed E-state index contributed by atoms with van der Waals surface area (Å²) in [5.74, 6) is 2.92. The van der Waals surface area contributed by atoms with Gasteiger partial charge in [0.2, 0.25) is 0 Å². The lowest BCUT2D eigenvalue weighted by Gasteiger charge is -1.68. The predicted molar refractivity (Wildman–Crippen MR) is 31.0 cm³/mol. The number of rotatable bonds is 0. The second-order valence-corrected chi connectivity index (χ2v) is 1.31. The Hall–Kier alpha value is -1.29. The Kier molecular flexibility index (Phi) is 1.29. The van der Waals surface area contributed by atoms with Gasteiger partial charge < -0.3 is 0 Å². The zero-order chi connectivity index (χ0) is 5.82. The molecule has 1 rings (SSSR count). The van der Waals surface area contributed by atoms with Crippen molar-refractivity contribution >= 4 is 0 Å². The molecule has 0 fully saturated rings. The van der Waals surface area contributed by atoms with Crippen molar-refractivity contribution in [2.24, 2.45) is 0 Å². The van der Waals surface area contributed by atoms with Gasteiger partial charge in [-0.2, -0.15) is 0 Å². The molecule has 0 unspecified atom stereocenters. The molecule has 38 valence electrons. The molecular formula is C7H5O+. The van der Waals surface area contributed by atoms with E-state index in [0.29, 0.717) is 5.76 Å². The lowest BCUT2D eigenvalue weighted by molar-refractivity contribution is 0.537. The molecule has 1 aromatic rings. The molecule has 0 saturated carbocycles. The number of hydrogen-bond donors (Lipinski definition) is 0. The molecule has 1 aromatic heterocycles. The average molecular weight is 105 g/mol. The van der Waals surface area contributed by atoms with Gasteiger partial charge in [0.25, 0.3) is 0 Å². The second kappa shape index (κ2) is 2.13. The Morgan fingerprint density at radius 1 is 1.50 bits per heavy atom. The monoisotopic (exact) mass is 105 g/mol. The molecule has 0 atom stereocenters. The standard InChI is InChI=1S/C7H5O/c1-2-7-5-3-4-6-8-7/h1,3-6H/q+1. The predicted octanol–water partition coefficient (Wildman–Crippen LogP) is 1.54. The van der Waals surface area contributed by atoms with Crippen molar-refractivity contribution in [1.29, 1.82) is 0 Å². The Morgan fingerprint density at radius 3 is 2.75 bits per heavy atom. The van der Waals surface area contributed by atoms with Crippen molar-refractivity contribution in [3.63, 3.8) is 0 Å². The first-order chi connectivity index (χ1) is 3.93. The minimum Gasteiger partial charge on any atom is -0.207 e. The molecule has 0 bridgehead atoms. The van der Waals surface area contributed by atoms with E-state index in [-0.39, 0.29) is 0 Å². The van der Waals surface area contributed by atoms with Crippen molar-refractivity contribution in [2.45, 2.75) is 0 Å². The van der Waals surface area contributed by atoms with Crippen LogP contribution in [0.15, 0.2) is 28.9 Å². The summed E-state index contributed by atoms with van der Waals surface area (Å²) in [7, 11) is 0. The van der Waals surface area contributed by atoms with E-state index in [1.54, 1.807) is 18.4 Å². The van der Waals surface area contributed by atoms with Gasteiger partial charge in [0.1, 0.15) is 0 Å². The van der Waals surface area contributed by atoms with Gasteiger partial charge in [0.15, 0.2) is 0 Å². The zero-order valence-electron chi connectivity index (χ0n) is 4.29. The fourth-order valence-electron chi connectivity index (χ4n) is 0.422. The Bertz CT molecular complexity index is 195. The van der Waals surface area contributed by atoms with E-state index in [1.165, 1.54) is 0 Å². The van der Waals surface area contributed by atoms with Crippen LogP contribution < -0.4 is 0 Å². The van der Waals surface area contributed by atoms with Crippen LogP contribution in [-0.2, 0) is 0 Å². The quantitative estimate of drug-likeness (QED) is 0.360. The minimum atomic E-state index is 0.563. The molecule has 0 aromatic carbocycles. The molecule has 1 heteroatoms. The van der Waals surface area contributed by atoms with E-state index in [4.69, 9.17) is 10.8 Å². The summed E-state index contributed by atoms with van der Waals surface area (Å²) in [6.07, 6.45) is 6.56. The first-order valence-corrected chi connectivity index (χ1v) is 2.27. The van der Waals surface area contributed by atoms with Crippen LogP contribution in [0.4, 0.5) is 0 Å². The third-order valence-corrected chi connectivity index (χ3v) is 0.775. The van der Waals surface area contributed by atoms with Gasteiger partial charge >= 0.3 is 12.0 Å². The van der Waals surface area contributed by atoms with Crippen LogP contribution in [0.25, 0.3) is 0 Å². The molecule has 0 aliphatic carbocycles. The van der Waals surface area contributed by atoms with Gasteiger partial charge in [-0.25, -0.2) is 4.42 Å². The fraction of sp³-hybridized carbons (Fsp3) is 0. The SMILES string of the molecule is C#Cc1cccc[o+]1. The molecule has 1 heterocycles. The molecule has 0 spiro atoms. The minimum absolute atomic E-state index is 0.563. The number of terminal acetylenes is 1. The lowest BCUT2D eigenvalue weighted by Crippen LogP contribution is -1.66. The highest BCUT2D eigenvalue weighted by Gasteiger charge is 1.94. The van der Waals surface area contributed by atoms with Crippen molar-refractivity contribution < 1.29 is 4.42 Å². The van der Waals surface area contributed by atoms with E-state index in [9.17, 15) is 0 Å². The first kappa shape index (κ1) is 4.86. The van der Waals surface area contributed by atoms with Crippen LogP contribution >= 0.6 is 0 Å². The third kappa shape index (κ3) is 0.855. The third-order valence-electron chi connectivity index (χ3n) is 0.775. The van der Waals surface area contributed by atoms with Crippen LogP contribution in [0.3, 0.4) is 0 Å². The lowest BCUT2D eigenvalue weighted by atomic mass is 10.4. The van der Waals surface area contributed by atoms with Crippen molar-refractivity contribution in [1.82, 2.24) is 0 Å². The van der Waals surface area contributed by atoms with Crippen molar-refractivity contribution in [3.05, 3.63) is 30.2 Å². The summed E-state index contributed by atoms with van der Waals surface area (Å²) in [6, 6.07) is 5.35.